The quantitative estimate of drug-likeness (QED) is 0.392. The van der Waals surface area contributed by atoms with E-state index in [1.165, 1.54) is 16.9 Å². The third-order valence-corrected chi connectivity index (χ3v) is 6.02. The van der Waals surface area contributed by atoms with Crippen LogP contribution in [0.25, 0.3) is 10.4 Å². The lowest BCUT2D eigenvalue weighted by atomic mass is 9.86. The molecule has 0 aliphatic heterocycles. The third-order valence-electron chi connectivity index (χ3n) is 5.00. The van der Waals surface area contributed by atoms with Gasteiger partial charge < -0.3 is 5.11 Å². The zero-order valence-electron chi connectivity index (χ0n) is 18.9. The second kappa shape index (κ2) is 10.8. The molecule has 1 heterocycles. The molecule has 166 valence electrons. The highest BCUT2D eigenvalue weighted by Gasteiger charge is 2.17. The lowest BCUT2D eigenvalue weighted by Gasteiger charge is -2.19. The van der Waals surface area contributed by atoms with Crippen LogP contribution in [0.15, 0.2) is 58.9 Å². The molecule has 0 saturated carbocycles. The van der Waals surface area contributed by atoms with Crippen LogP contribution in [0.4, 0.5) is 0 Å². The highest BCUT2D eigenvalue weighted by Crippen LogP contribution is 2.39. The molecule has 0 aliphatic carbocycles. The lowest BCUT2D eigenvalue weighted by molar-refractivity contribution is -0.191. The van der Waals surface area contributed by atoms with Crippen LogP contribution in [0.2, 0.25) is 0 Å². The van der Waals surface area contributed by atoms with E-state index in [2.05, 4.69) is 37.9 Å². The minimum absolute atomic E-state index is 0.0305. The van der Waals surface area contributed by atoms with E-state index in [4.69, 9.17) is 9.59 Å². The van der Waals surface area contributed by atoms with E-state index in [9.17, 15) is 9.90 Å². The van der Waals surface area contributed by atoms with Gasteiger partial charge in [-0.1, -0.05) is 74.9 Å². The standard InChI is InChI=1S/C25H27NO2S.CO2/c1-16-6-8-18(9-7-16)22(27)14-26-17(2)21-15-29-24(23(21)28)19-10-12-20(13-11-19)25(3,4)5;2-1-3/h6-13,15,28H,14H2,1-5H3;. The van der Waals surface area contributed by atoms with Gasteiger partial charge in [0.25, 0.3) is 0 Å². The highest BCUT2D eigenvalue weighted by atomic mass is 32.1. The van der Waals surface area contributed by atoms with Crippen molar-refractivity contribution in [1.82, 2.24) is 0 Å². The number of hydrogen-bond acceptors (Lipinski definition) is 6. The topological polar surface area (TPSA) is 83.8 Å². The Labute approximate surface area is 192 Å². The van der Waals surface area contributed by atoms with Gasteiger partial charge in [0.15, 0.2) is 5.78 Å². The van der Waals surface area contributed by atoms with Crippen molar-refractivity contribution in [3.63, 3.8) is 0 Å². The second-order valence-electron chi connectivity index (χ2n) is 8.43. The molecule has 0 saturated heterocycles. The largest absolute Gasteiger partial charge is 0.506 e. The number of aromatic hydroxyl groups is 1. The fraction of sp³-hybridized carbons (Fsp3) is 0.269. The smallest absolute Gasteiger partial charge is 0.373 e. The molecule has 3 aromatic rings. The molecule has 2 aromatic carbocycles. The molecule has 5 nitrogen and oxygen atoms in total. The average molecular weight is 450 g/mol. The summed E-state index contributed by atoms with van der Waals surface area (Å²) in [6.07, 6.45) is 0.250. The third kappa shape index (κ3) is 6.33. The van der Waals surface area contributed by atoms with Gasteiger partial charge in [-0.25, -0.2) is 0 Å². The maximum Gasteiger partial charge on any atom is 0.373 e. The number of carbonyl (C=O) groups excluding carboxylic acids is 3. The van der Waals surface area contributed by atoms with Gasteiger partial charge in [-0.05, 0) is 30.4 Å². The zero-order valence-corrected chi connectivity index (χ0v) is 19.7. The molecule has 0 aliphatic rings. The van der Waals surface area contributed by atoms with Crippen LogP contribution in [0.3, 0.4) is 0 Å². The Bertz CT molecular complexity index is 1130. The molecule has 0 amide bonds. The predicted octanol–water partition coefficient (Wildman–Crippen LogP) is 5.84. The molecule has 0 bridgehead atoms. The number of hydrogen-bond donors (Lipinski definition) is 1. The van der Waals surface area contributed by atoms with Gasteiger partial charge >= 0.3 is 6.15 Å². The molecule has 6 heteroatoms. The van der Waals surface area contributed by atoms with Crippen LogP contribution in [-0.2, 0) is 15.0 Å². The Morgan fingerprint density at radius 1 is 1.03 bits per heavy atom. The van der Waals surface area contributed by atoms with E-state index in [0.717, 1.165) is 16.0 Å². The van der Waals surface area contributed by atoms with E-state index in [1.807, 2.05) is 55.6 Å². The van der Waals surface area contributed by atoms with Crippen molar-refractivity contribution in [1.29, 1.82) is 0 Å². The highest BCUT2D eigenvalue weighted by molar-refractivity contribution is 7.14. The number of thiophene rings is 1. The first-order chi connectivity index (χ1) is 15.1. The van der Waals surface area contributed by atoms with Gasteiger partial charge in [-0.15, -0.1) is 11.3 Å². The monoisotopic (exact) mass is 449 g/mol. The van der Waals surface area contributed by atoms with Crippen molar-refractivity contribution < 1.29 is 19.5 Å². The van der Waals surface area contributed by atoms with E-state index in [0.29, 0.717) is 16.8 Å². The van der Waals surface area contributed by atoms with Crippen LogP contribution >= 0.6 is 11.3 Å². The number of nitrogens with zero attached hydrogens (tertiary/aromatic N) is 1. The first-order valence-electron chi connectivity index (χ1n) is 10.1. The molecule has 0 radical (unpaired) electrons. The number of ketones is 1. The van der Waals surface area contributed by atoms with Crippen LogP contribution in [0.1, 0.15) is 54.7 Å². The number of carbonyl (C=O) groups is 1. The molecular formula is C26H27NO4S. The average Bonchev–Trinajstić information content (AvgIpc) is 3.13. The van der Waals surface area contributed by atoms with Gasteiger partial charge in [0, 0.05) is 22.2 Å². The van der Waals surface area contributed by atoms with Crippen molar-refractivity contribution in [2.45, 2.75) is 40.0 Å². The van der Waals surface area contributed by atoms with Crippen molar-refractivity contribution in [3.05, 3.63) is 76.2 Å². The van der Waals surface area contributed by atoms with Gasteiger partial charge in [-0.3, -0.25) is 9.79 Å². The summed E-state index contributed by atoms with van der Waals surface area (Å²) in [5.74, 6) is 0.194. The summed E-state index contributed by atoms with van der Waals surface area (Å²) < 4.78 is 0. The predicted molar refractivity (Wildman–Crippen MR) is 128 cm³/mol. The number of Topliss-reactive ketones (excluding diaryl/α,β-unsaturated/α-hetero) is 1. The SMILES string of the molecule is CC(=NCC(=O)c1ccc(C)cc1)c1csc(-c2ccc(C(C)(C)C)cc2)c1O.O=C=O. The first-order valence-corrected chi connectivity index (χ1v) is 11.0. The number of aryl methyl sites for hydroxylation is 1. The Kier molecular flexibility index (Phi) is 8.41. The van der Waals surface area contributed by atoms with Crippen LogP contribution in [0, 0.1) is 6.92 Å². The van der Waals surface area contributed by atoms with E-state index >= 15 is 0 Å². The van der Waals surface area contributed by atoms with E-state index < -0.39 is 0 Å². The van der Waals surface area contributed by atoms with Crippen molar-refractivity contribution in [2.75, 3.05) is 6.54 Å². The zero-order chi connectivity index (χ0) is 23.9. The van der Waals surface area contributed by atoms with E-state index in [-0.39, 0.29) is 29.6 Å². The molecule has 32 heavy (non-hydrogen) atoms. The molecule has 0 unspecified atom stereocenters. The number of rotatable bonds is 5. The van der Waals surface area contributed by atoms with Gasteiger partial charge in [-0.2, -0.15) is 9.59 Å². The minimum atomic E-state index is -0.0305. The Morgan fingerprint density at radius 2 is 1.59 bits per heavy atom. The maximum absolute atomic E-state index is 12.3. The summed E-state index contributed by atoms with van der Waals surface area (Å²) in [5, 5.41) is 12.6. The first kappa shape index (κ1) is 24.9. The summed E-state index contributed by atoms with van der Waals surface area (Å²) in [7, 11) is 0. The normalized spacial score (nSPS) is 11.3. The minimum Gasteiger partial charge on any atom is -0.506 e. The summed E-state index contributed by atoms with van der Waals surface area (Å²) >= 11 is 1.49. The molecule has 0 spiro atoms. The Hall–Kier alpha value is -3.34. The summed E-state index contributed by atoms with van der Waals surface area (Å²) in [5.41, 5.74) is 5.45. The Balaban J connectivity index is 0.00000114. The van der Waals surface area contributed by atoms with Crippen LogP contribution < -0.4 is 0 Å². The molecule has 1 aromatic heterocycles. The van der Waals surface area contributed by atoms with E-state index in [1.54, 1.807) is 0 Å². The van der Waals surface area contributed by atoms with Gasteiger partial charge in [0.2, 0.25) is 0 Å². The number of aliphatic imine (C=N–C) groups is 1. The Morgan fingerprint density at radius 3 is 2.12 bits per heavy atom. The molecule has 1 N–H and O–H groups in total. The maximum atomic E-state index is 12.3. The molecule has 0 atom stereocenters. The lowest BCUT2D eigenvalue weighted by Crippen LogP contribution is -2.10. The van der Waals surface area contributed by atoms with Crippen LogP contribution in [0.5, 0.6) is 5.75 Å². The summed E-state index contributed by atoms with van der Waals surface area (Å²) in [6, 6.07) is 15.8. The van der Waals surface area contributed by atoms with Gasteiger partial charge in [0.1, 0.15) is 12.3 Å². The number of benzene rings is 2. The fourth-order valence-electron chi connectivity index (χ4n) is 3.04. The van der Waals surface area contributed by atoms with Crippen LogP contribution in [-0.4, -0.2) is 29.3 Å². The van der Waals surface area contributed by atoms with Crippen molar-refractivity contribution in [3.8, 4) is 16.2 Å². The fourth-order valence-corrected chi connectivity index (χ4v) is 4.05. The summed E-state index contributed by atoms with van der Waals surface area (Å²) in [6.45, 7) is 10.4. The molecule has 3 rings (SSSR count). The van der Waals surface area contributed by atoms with Crippen molar-refractivity contribution >= 4 is 29.0 Å². The molecule has 0 fully saturated rings. The summed E-state index contributed by atoms with van der Waals surface area (Å²) in [4.78, 5) is 33.8. The molecular weight excluding hydrogens is 422 g/mol. The van der Waals surface area contributed by atoms with Crippen molar-refractivity contribution in [2.24, 2.45) is 4.99 Å². The second-order valence-corrected chi connectivity index (χ2v) is 9.31. The van der Waals surface area contributed by atoms with Gasteiger partial charge in [0.05, 0.1) is 4.88 Å².